The normalized spacial score (nSPS) is 10.8. The Morgan fingerprint density at radius 1 is 1.00 bits per heavy atom. The number of aromatic nitrogens is 2. The summed E-state index contributed by atoms with van der Waals surface area (Å²) >= 11 is 6.17. The number of hydrogen-bond donors (Lipinski definition) is 3. The summed E-state index contributed by atoms with van der Waals surface area (Å²) in [6, 6.07) is 19.8. The molecule has 3 aromatic carbocycles. The van der Waals surface area contributed by atoms with Crippen molar-refractivity contribution in [2.75, 3.05) is 11.1 Å². The number of imidazole rings is 1. The lowest BCUT2D eigenvalue weighted by Gasteiger charge is -2.06. The van der Waals surface area contributed by atoms with E-state index in [9.17, 15) is 4.79 Å². The van der Waals surface area contributed by atoms with E-state index in [2.05, 4.69) is 15.3 Å². The number of halogens is 1. The molecule has 0 bridgehead atoms. The highest BCUT2D eigenvalue weighted by molar-refractivity contribution is 6.35. The zero-order chi connectivity index (χ0) is 18.1. The molecule has 6 heteroatoms. The van der Waals surface area contributed by atoms with Gasteiger partial charge in [-0.05, 0) is 60.7 Å². The number of fused-ring (bicyclic) bond motifs is 1. The summed E-state index contributed by atoms with van der Waals surface area (Å²) in [7, 11) is 0. The number of rotatable bonds is 3. The molecule has 1 heterocycles. The first-order valence-corrected chi connectivity index (χ1v) is 8.39. The number of nitrogens with zero attached hydrogens (tertiary/aromatic N) is 1. The van der Waals surface area contributed by atoms with Crippen LogP contribution in [0, 0.1) is 0 Å². The average molecular weight is 363 g/mol. The topological polar surface area (TPSA) is 83.8 Å². The van der Waals surface area contributed by atoms with Crippen LogP contribution in [0.2, 0.25) is 5.02 Å². The molecular formula is C20H15ClN4O. The maximum atomic E-state index is 12.3. The van der Waals surface area contributed by atoms with E-state index in [4.69, 9.17) is 17.3 Å². The van der Waals surface area contributed by atoms with Gasteiger partial charge in [-0.3, -0.25) is 4.79 Å². The number of benzene rings is 3. The first kappa shape index (κ1) is 16.2. The van der Waals surface area contributed by atoms with Crippen LogP contribution < -0.4 is 11.1 Å². The highest BCUT2D eigenvalue weighted by atomic mass is 35.5. The number of aromatic amines is 1. The zero-order valence-corrected chi connectivity index (χ0v) is 14.4. The second-order valence-electron chi connectivity index (χ2n) is 5.87. The highest BCUT2D eigenvalue weighted by Gasteiger charge is 2.09. The van der Waals surface area contributed by atoms with E-state index in [1.165, 1.54) is 0 Å². The molecule has 0 unspecified atom stereocenters. The van der Waals surface area contributed by atoms with Crippen molar-refractivity contribution in [3.05, 3.63) is 77.3 Å². The van der Waals surface area contributed by atoms with Crippen molar-refractivity contribution >= 4 is 39.9 Å². The summed E-state index contributed by atoms with van der Waals surface area (Å²) < 4.78 is 0. The third-order valence-electron chi connectivity index (χ3n) is 4.05. The van der Waals surface area contributed by atoms with Crippen molar-refractivity contribution in [2.24, 2.45) is 0 Å². The number of nitrogens with one attached hydrogen (secondary N) is 2. The van der Waals surface area contributed by atoms with Crippen LogP contribution in [0.5, 0.6) is 0 Å². The fourth-order valence-corrected chi connectivity index (χ4v) is 2.90. The van der Waals surface area contributed by atoms with Crippen molar-refractivity contribution in [1.29, 1.82) is 0 Å². The minimum absolute atomic E-state index is 0.187. The van der Waals surface area contributed by atoms with Crippen LogP contribution in [0.4, 0.5) is 11.4 Å². The molecule has 4 N–H and O–H groups in total. The number of para-hydroxylation sites is 1. The molecule has 0 aliphatic rings. The van der Waals surface area contributed by atoms with Gasteiger partial charge in [0.05, 0.1) is 10.5 Å². The predicted molar refractivity (Wildman–Crippen MR) is 105 cm³/mol. The molecule has 0 aliphatic carbocycles. The molecule has 0 atom stereocenters. The Labute approximate surface area is 154 Å². The molecule has 26 heavy (non-hydrogen) atoms. The number of nitrogens with two attached hydrogens (primary N) is 1. The van der Waals surface area contributed by atoms with Gasteiger partial charge in [-0.1, -0.05) is 17.7 Å². The van der Waals surface area contributed by atoms with Gasteiger partial charge in [-0.25, -0.2) is 4.98 Å². The summed E-state index contributed by atoms with van der Waals surface area (Å²) in [5.74, 6) is 0.540. The Hall–Kier alpha value is -3.31. The molecule has 1 amide bonds. The van der Waals surface area contributed by atoms with Crippen LogP contribution >= 0.6 is 11.6 Å². The van der Waals surface area contributed by atoms with Crippen molar-refractivity contribution < 1.29 is 4.79 Å². The summed E-state index contributed by atoms with van der Waals surface area (Å²) in [4.78, 5) is 20.0. The molecule has 5 nitrogen and oxygen atoms in total. The molecule has 1 aromatic heterocycles. The Balaban J connectivity index is 1.55. The summed E-state index contributed by atoms with van der Waals surface area (Å²) in [6.07, 6.45) is 0. The number of carbonyl (C=O) groups excluding carboxylic acids is 1. The second kappa shape index (κ2) is 6.54. The first-order chi connectivity index (χ1) is 12.6. The minimum Gasteiger partial charge on any atom is -0.399 e. The van der Waals surface area contributed by atoms with E-state index in [0.717, 1.165) is 22.4 Å². The Morgan fingerprint density at radius 3 is 2.42 bits per heavy atom. The van der Waals surface area contributed by atoms with Crippen molar-refractivity contribution in [3.8, 4) is 11.4 Å². The van der Waals surface area contributed by atoms with Gasteiger partial charge in [0.2, 0.25) is 0 Å². The Bertz CT molecular complexity index is 1090. The standard InChI is InChI=1S/C20H15ClN4O/c21-16-2-1-3-17-18(16)25-19(24-17)12-6-10-15(11-7-12)23-20(26)13-4-8-14(22)9-5-13/h1-11H,22H2,(H,23,26)(H,24,25). The van der Waals surface area contributed by atoms with Crippen LogP contribution in [-0.4, -0.2) is 15.9 Å². The fourth-order valence-electron chi connectivity index (χ4n) is 2.68. The Morgan fingerprint density at radius 2 is 1.73 bits per heavy atom. The highest BCUT2D eigenvalue weighted by Crippen LogP contribution is 2.26. The lowest BCUT2D eigenvalue weighted by atomic mass is 10.1. The molecule has 0 spiro atoms. The van der Waals surface area contributed by atoms with Crippen LogP contribution in [-0.2, 0) is 0 Å². The van der Waals surface area contributed by atoms with E-state index in [0.29, 0.717) is 22.0 Å². The van der Waals surface area contributed by atoms with Gasteiger partial charge in [-0.15, -0.1) is 0 Å². The van der Waals surface area contributed by atoms with Gasteiger partial charge in [0, 0.05) is 22.5 Å². The van der Waals surface area contributed by atoms with Gasteiger partial charge in [-0.2, -0.15) is 0 Å². The van der Waals surface area contributed by atoms with Crippen molar-refractivity contribution in [2.45, 2.75) is 0 Å². The molecule has 0 saturated heterocycles. The van der Waals surface area contributed by atoms with E-state index in [1.54, 1.807) is 24.3 Å². The first-order valence-electron chi connectivity index (χ1n) is 8.02. The summed E-state index contributed by atoms with van der Waals surface area (Å²) in [5.41, 5.74) is 10.0. The fraction of sp³-hybridized carbons (Fsp3) is 0. The second-order valence-corrected chi connectivity index (χ2v) is 6.28. The van der Waals surface area contributed by atoms with Gasteiger partial charge in [0.15, 0.2) is 0 Å². The molecule has 0 fully saturated rings. The zero-order valence-electron chi connectivity index (χ0n) is 13.7. The Kier molecular flexibility index (Phi) is 4.07. The quantitative estimate of drug-likeness (QED) is 0.461. The number of carbonyl (C=O) groups is 1. The van der Waals surface area contributed by atoms with E-state index in [1.807, 2.05) is 42.5 Å². The number of H-pyrrole nitrogens is 1. The number of amides is 1. The maximum Gasteiger partial charge on any atom is 0.255 e. The lowest BCUT2D eigenvalue weighted by Crippen LogP contribution is -2.11. The number of hydrogen-bond acceptors (Lipinski definition) is 3. The third kappa shape index (κ3) is 3.12. The van der Waals surface area contributed by atoms with Gasteiger partial charge in [0.1, 0.15) is 11.3 Å². The molecule has 128 valence electrons. The van der Waals surface area contributed by atoms with Gasteiger partial charge in [0.25, 0.3) is 5.91 Å². The van der Waals surface area contributed by atoms with Gasteiger partial charge >= 0.3 is 0 Å². The summed E-state index contributed by atoms with van der Waals surface area (Å²) in [6.45, 7) is 0. The van der Waals surface area contributed by atoms with Crippen molar-refractivity contribution in [3.63, 3.8) is 0 Å². The number of nitrogen functional groups attached to an aromatic ring is 1. The predicted octanol–water partition coefficient (Wildman–Crippen LogP) is 4.72. The van der Waals surface area contributed by atoms with Crippen LogP contribution in [0.3, 0.4) is 0 Å². The molecule has 4 aromatic rings. The van der Waals surface area contributed by atoms with Crippen LogP contribution in [0.15, 0.2) is 66.7 Å². The van der Waals surface area contributed by atoms with Crippen LogP contribution in [0.25, 0.3) is 22.4 Å². The molecular weight excluding hydrogens is 348 g/mol. The van der Waals surface area contributed by atoms with E-state index < -0.39 is 0 Å². The third-order valence-corrected chi connectivity index (χ3v) is 4.36. The van der Waals surface area contributed by atoms with E-state index >= 15 is 0 Å². The molecule has 4 rings (SSSR count). The van der Waals surface area contributed by atoms with Crippen LogP contribution in [0.1, 0.15) is 10.4 Å². The lowest BCUT2D eigenvalue weighted by molar-refractivity contribution is 0.102. The smallest absolute Gasteiger partial charge is 0.255 e. The number of anilines is 2. The largest absolute Gasteiger partial charge is 0.399 e. The molecule has 0 radical (unpaired) electrons. The summed E-state index contributed by atoms with van der Waals surface area (Å²) in [5, 5.41) is 3.47. The molecule has 0 saturated carbocycles. The molecule has 0 aliphatic heterocycles. The maximum absolute atomic E-state index is 12.3. The van der Waals surface area contributed by atoms with Gasteiger partial charge < -0.3 is 16.0 Å². The van der Waals surface area contributed by atoms with E-state index in [-0.39, 0.29) is 5.91 Å². The van der Waals surface area contributed by atoms with Crippen molar-refractivity contribution in [1.82, 2.24) is 9.97 Å². The minimum atomic E-state index is -0.187. The average Bonchev–Trinajstić information content (AvgIpc) is 3.08. The monoisotopic (exact) mass is 362 g/mol. The SMILES string of the molecule is Nc1ccc(C(=O)Nc2ccc(-c3nc4c(Cl)cccc4[nH]3)cc2)cc1.